The van der Waals surface area contributed by atoms with Gasteiger partial charge in [0.2, 0.25) is 0 Å². The first-order valence-electron chi connectivity index (χ1n) is 4.64. The third kappa shape index (κ3) is 2.11. The van der Waals surface area contributed by atoms with E-state index >= 15 is 0 Å². The smallest absolute Gasteiger partial charge is 0.0797 e. The lowest BCUT2D eigenvalue weighted by Gasteiger charge is -2.13. The van der Waals surface area contributed by atoms with Gasteiger partial charge in [-0.15, -0.1) is 5.10 Å². The highest BCUT2D eigenvalue weighted by molar-refractivity contribution is 9.10. The average Bonchev–Trinajstić information content (AvgIpc) is 2.67. The van der Waals surface area contributed by atoms with Crippen LogP contribution in [0.3, 0.4) is 0 Å². The van der Waals surface area contributed by atoms with E-state index in [0.717, 1.165) is 15.7 Å². The second-order valence-electron chi connectivity index (χ2n) is 3.43. The molecule has 0 radical (unpaired) electrons. The summed E-state index contributed by atoms with van der Waals surface area (Å²) in [6.45, 7) is 0. The molecule has 0 saturated heterocycles. The molecule has 2 N–H and O–H groups in total. The van der Waals surface area contributed by atoms with Gasteiger partial charge in [-0.25, -0.2) is 0 Å². The molecule has 1 heterocycles. The van der Waals surface area contributed by atoms with Gasteiger partial charge >= 0.3 is 0 Å². The second-order valence-corrected chi connectivity index (χ2v) is 4.75. The second kappa shape index (κ2) is 4.53. The predicted octanol–water partition coefficient (Wildman–Crippen LogP) is 2.28. The van der Waals surface area contributed by atoms with Crippen LogP contribution in [0.5, 0.6) is 0 Å². The molecule has 0 aliphatic heterocycles. The summed E-state index contributed by atoms with van der Waals surface area (Å²) in [7, 11) is 1.80. The summed E-state index contributed by atoms with van der Waals surface area (Å²) in [4.78, 5) is 0. The minimum atomic E-state index is -0.329. The van der Waals surface area contributed by atoms with Gasteiger partial charge in [-0.3, -0.25) is 4.68 Å². The zero-order chi connectivity index (χ0) is 11.7. The summed E-state index contributed by atoms with van der Waals surface area (Å²) in [5, 5.41) is 8.28. The lowest BCUT2D eigenvalue weighted by atomic mass is 10.1. The van der Waals surface area contributed by atoms with E-state index < -0.39 is 0 Å². The summed E-state index contributed by atoms with van der Waals surface area (Å²) in [6, 6.07) is 5.26. The Morgan fingerprint density at radius 3 is 2.88 bits per heavy atom. The lowest BCUT2D eigenvalue weighted by Crippen LogP contribution is -2.16. The number of benzene rings is 1. The summed E-state index contributed by atoms with van der Waals surface area (Å²) >= 11 is 9.50. The van der Waals surface area contributed by atoms with Crippen LogP contribution in [0, 0.1) is 0 Å². The molecule has 2 aromatic rings. The number of nitrogens with two attached hydrogens (primary N) is 1. The van der Waals surface area contributed by atoms with Crippen LogP contribution >= 0.6 is 27.5 Å². The first-order valence-corrected chi connectivity index (χ1v) is 5.82. The molecular formula is C10H10BrClN4. The number of aryl methyl sites for hydroxylation is 1. The molecule has 0 aliphatic rings. The average molecular weight is 302 g/mol. The molecule has 0 fully saturated rings. The molecule has 1 unspecified atom stereocenters. The molecule has 1 atom stereocenters. The zero-order valence-electron chi connectivity index (χ0n) is 8.56. The van der Waals surface area contributed by atoms with E-state index in [4.69, 9.17) is 17.3 Å². The normalized spacial score (nSPS) is 12.8. The molecule has 0 saturated carbocycles. The molecule has 0 aliphatic carbocycles. The number of aromatic nitrogens is 3. The number of nitrogens with zero attached hydrogens (tertiary/aromatic N) is 3. The minimum Gasteiger partial charge on any atom is -0.319 e. The maximum Gasteiger partial charge on any atom is 0.0797 e. The van der Waals surface area contributed by atoms with E-state index in [2.05, 4.69) is 26.2 Å². The molecule has 16 heavy (non-hydrogen) atoms. The summed E-state index contributed by atoms with van der Waals surface area (Å²) < 4.78 is 2.58. The maximum atomic E-state index is 6.13. The molecule has 0 amide bonds. The molecule has 4 nitrogen and oxygen atoms in total. The highest BCUT2D eigenvalue weighted by Crippen LogP contribution is 2.28. The molecule has 0 bridgehead atoms. The molecule has 0 spiro atoms. The Kier molecular flexibility index (Phi) is 3.28. The van der Waals surface area contributed by atoms with E-state index in [1.165, 1.54) is 0 Å². The number of halogens is 2. The van der Waals surface area contributed by atoms with Gasteiger partial charge in [-0.1, -0.05) is 32.7 Å². The van der Waals surface area contributed by atoms with E-state index in [-0.39, 0.29) is 6.04 Å². The highest BCUT2D eigenvalue weighted by atomic mass is 79.9. The van der Waals surface area contributed by atoms with Crippen LogP contribution in [0.4, 0.5) is 0 Å². The molecule has 1 aromatic carbocycles. The summed E-state index contributed by atoms with van der Waals surface area (Å²) in [5.41, 5.74) is 7.79. The van der Waals surface area contributed by atoms with E-state index in [9.17, 15) is 0 Å². The van der Waals surface area contributed by atoms with Gasteiger partial charge in [0, 0.05) is 16.5 Å². The van der Waals surface area contributed by atoms with Crippen molar-refractivity contribution in [3.63, 3.8) is 0 Å². The Morgan fingerprint density at radius 2 is 2.25 bits per heavy atom. The molecule has 84 valence electrons. The Balaban J connectivity index is 2.45. The number of hydrogen-bond acceptors (Lipinski definition) is 3. The third-order valence-electron chi connectivity index (χ3n) is 2.36. The lowest BCUT2D eigenvalue weighted by molar-refractivity contribution is 0.651. The van der Waals surface area contributed by atoms with Crippen molar-refractivity contribution < 1.29 is 0 Å². The first-order chi connectivity index (χ1) is 7.59. The largest absolute Gasteiger partial charge is 0.319 e. The molecule has 2 rings (SSSR count). The SMILES string of the molecule is Cn1nncc1C(N)c1cc(Br)ccc1Cl. The van der Waals surface area contributed by atoms with E-state index in [0.29, 0.717) is 5.02 Å². The summed E-state index contributed by atoms with van der Waals surface area (Å²) in [5.74, 6) is 0. The van der Waals surface area contributed by atoms with Crippen molar-refractivity contribution in [2.75, 3.05) is 0 Å². The quantitative estimate of drug-likeness (QED) is 0.926. The fourth-order valence-electron chi connectivity index (χ4n) is 1.49. The van der Waals surface area contributed by atoms with Crippen LogP contribution in [0.25, 0.3) is 0 Å². The van der Waals surface area contributed by atoms with Crippen LogP contribution in [0.1, 0.15) is 17.3 Å². The van der Waals surface area contributed by atoms with Crippen LogP contribution < -0.4 is 5.73 Å². The van der Waals surface area contributed by atoms with Gasteiger partial charge in [0.1, 0.15) is 0 Å². The van der Waals surface area contributed by atoms with Crippen molar-refractivity contribution >= 4 is 27.5 Å². The molecule has 6 heteroatoms. The van der Waals surface area contributed by atoms with Crippen molar-refractivity contribution in [3.8, 4) is 0 Å². The van der Waals surface area contributed by atoms with Gasteiger partial charge in [0.15, 0.2) is 0 Å². The Bertz CT molecular complexity index is 511. The monoisotopic (exact) mass is 300 g/mol. The van der Waals surface area contributed by atoms with Crippen molar-refractivity contribution in [2.24, 2.45) is 12.8 Å². The van der Waals surface area contributed by atoms with Crippen molar-refractivity contribution in [1.29, 1.82) is 0 Å². The molecular weight excluding hydrogens is 291 g/mol. The van der Waals surface area contributed by atoms with E-state index in [1.807, 2.05) is 18.2 Å². The van der Waals surface area contributed by atoms with Crippen LogP contribution in [0.2, 0.25) is 5.02 Å². The van der Waals surface area contributed by atoms with Crippen LogP contribution in [-0.2, 0) is 7.05 Å². The first kappa shape index (κ1) is 11.6. The zero-order valence-corrected chi connectivity index (χ0v) is 10.9. The Morgan fingerprint density at radius 1 is 1.50 bits per heavy atom. The van der Waals surface area contributed by atoms with Crippen LogP contribution in [0.15, 0.2) is 28.9 Å². The summed E-state index contributed by atoms with van der Waals surface area (Å²) in [6.07, 6.45) is 1.64. The molecule has 1 aromatic heterocycles. The van der Waals surface area contributed by atoms with Gasteiger partial charge in [0.05, 0.1) is 17.9 Å². The Hall–Kier alpha value is -0.910. The standard InChI is InChI=1S/C10H10BrClN4/c1-16-9(5-14-15-16)10(13)7-4-6(11)2-3-8(7)12/h2-5,10H,13H2,1H3. The fourth-order valence-corrected chi connectivity index (χ4v) is 2.11. The Labute approximate surface area is 107 Å². The van der Waals surface area contributed by atoms with Crippen molar-refractivity contribution in [1.82, 2.24) is 15.0 Å². The van der Waals surface area contributed by atoms with Gasteiger partial charge in [0.25, 0.3) is 0 Å². The van der Waals surface area contributed by atoms with Gasteiger partial charge in [-0.2, -0.15) is 0 Å². The van der Waals surface area contributed by atoms with Gasteiger partial charge in [-0.05, 0) is 23.8 Å². The predicted molar refractivity (Wildman–Crippen MR) is 66.2 cm³/mol. The number of hydrogen-bond donors (Lipinski definition) is 1. The fraction of sp³-hybridized carbons (Fsp3) is 0.200. The highest BCUT2D eigenvalue weighted by Gasteiger charge is 2.16. The van der Waals surface area contributed by atoms with E-state index in [1.54, 1.807) is 17.9 Å². The van der Waals surface area contributed by atoms with Gasteiger partial charge < -0.3 is 5.73 Å². The van der Waals surface area contributed by atoms with Crippen molar-refractivity contribution in [3.05, 3.63) is 45.1 Å². The number of rotatable bonds is 2. The third-order valence-corrected chi connectivity index (χ3v) is 3.20. The minimum absolute atomic E-state index is 0.329. The maximum absolute atomic E-state index is 6.13. The van der Waals surface area contributed by atoms with Crippen molar-refractivity contribution in [2.45, 2.75) is 6.04 Å². The topological polar surface area (TPSA) is 56.7 Å². The van der Waals surface area contributed by atoms with Crippen LogP contribution in [-0.4, -0.2) is 15.0 Å².